The van der Waals surface area contributed by atoms with E-state index in [4.69, 9.17) is 14.2 Å². The Morgan fingerprint density at radius 2 is 1.71 bits per heavy atom. The summed E-state index contributed by atoms with van der Waals surface area (Å²) in [6, 6.07) is 11.2. The maximum Gasteiger partial charge on any atom is 0.341 e. The Labute approximate surface area is 165 Å². The Hall–Kier alpha value is -3.08. The highest BCUT2D eigenvalue weighted by Gasteiger charge is 2.17. The standard InChI is InChI=1S/C23H26O5/c1-6-21(24)19-11-16(3)22(12-15(19)2)28-13-17-9-7-8-10-18(17)20(14-26-4)23(25)27-5/h7-12,14H,6,13H2,1-5H3. The Morgan fingerprint density at radius 3 is 2.36 bits per heavy atom. The predicted octanol–water partition coefficient (Wildman–Crippen LogP) is 4.64. The van der Waals surface area contributed by atoms with Crippen LogP contribution in [0, 0.1) is 13.8 Å². The fourth-order valence-corrected chi connectivity index (χ4v) is 2.95. The minimum absolute atomic E-state index is 0.116. The van der Waals surface area contributed by atoms with Gasteiger partial charge in [0.25, 0.3) is 0 Å². The maximum absolute atomic E-state index is 12.1. The van der Waals surface area contributed by atoms with E-state index >= 15 is 0 Å². The quantitative estimate of drug-likeness (QED) is 0.288. The Kier molecular flexibility index (Phi) is 7.38. The van der Waals surface area contributed by atoms with E-state index in [2.05, 4.69) is 0 Å². The minimum atomic E-state index is -0.483. The van der Waals surface area contributed by atoms with Crippen LogP contribution in [0.1, 0.15) is 46.0 Å². The lowest BCUT2D eigenvalue weighted by Crippen LogP contribution is -2.09. The van der Waals surface area contributed by atoms with Gasteiger partial charge in [0, 0.05) is 12.0 Å². The smallest absolute Gasteiger partial charge is 0.341 e. The zero-order valence-corrected chi connectivity index (χ0v) is 17.0. The highest BCUT2D eigenvalue weighted by Crippen LogP contribution is 2.27. The molecule has 2 aromatic carbocycles. The molecule has 0 fully saturated rings. The summed E-state index contributed by atoms with van der Waals surface area (Å²) in [6.07, 6.45) is 1.83. The number of carbonyl (C=O) groups is 2. The number of aryl methyl sites for hydroxylation is 2. The number of benzene rings is 2. The first-order valence-electron chi connectivity index (χ1n) is 9.09. The maximum atomic E-state index is 12.1. The molecule has 0 unspecified atom stereocenters. The zero-order valence-electron chi connectivity index (χ0n) is 17.0. The molecule has 2 aromatic rings. The van der Waals surface area contributed by atoms with Crippen LogP contribution < -0.4 is 4.74 Å². The van der Waals surface area contributed by atoms with Gasteiger partial charge in [0.2, 0.25) is 0 Å². The molecule has 0 heterocycles. The van der Waals surface area contributed by atoms with E-state index in [1.54, 1.807) is 0 Å². The number of ether oxygens (including phenoxy) is 3. The molecule has 0 aliphatic heterocycles. The van der Waals surface area contributed by atoms with Crippen molar-refractivity contribution in [2.24, 2.45) is 0 Å². The fourth-order valence-electron chi connectivity index (χ4n) is 2.95. The van der Waals surface area contributed by atoms with Crippen molar-refractivity contribution in [1.29, 1.82) is 0 Å². The van der Waals surface area contributed by atoms with Crippen molar-refractivity contribution in [3.63, 3.8) is 0 Å². The van der Waals surface area contributed by atoms with E-state index in [-0.39, 0.29) is 12.4 Å². The summed E-state index contributed by atoms with van der Waals surface area (Å²) in [4.78, 5) is 24.2. The summed E-state index contributed by atoms with van der Waals surface area (Å²) in [6.45, 7) is 5.93. The van der Waals surface area contributed by atoms with Gasteiger partial charge in [0.15, 0.2) is 5.78 Å². The molecular weight excluding hydrogens is 356 g/mol. The van der Waals surface area contributed by atoms with Crippen LogP contribution in [0.4, 0.5) is 0 Å². The highest BCUT2D eigenvalue weighted by atomic mass is 16.5. The van der Waals surface area contributed by atoms with Crippen LogP contribution in [0.3, 0.4) is 0 Å². The van der Waals surface area contributed by atoms with E-state index in [1.807, 2.05) is 57.2 Å². The summed E-state index contributed by atoms with van der Waals surface area (Å²) in [5.41, 5.74) is 4.32. The molecule has 148 valence electrons. The summed E-state index contributed by atoms with van der Waals surface area (Å²) in [5, 5.41) is 0. The molecule has 0 spiro atoms. The molecule has 5 nitrogen and oxygen atoms in total. The largest absolute Gasteiger partial charge is 0.503 e. The lowest BCUT2D eigenvalue weighted by Gasteiger charge is -2.15. The molecule has 5 heteroatoms. The molecule has 0 aliphatic rings. The van der Waals surface area contributed by atoms with Crippen molar-refractivity contribution < 1.29 is 23.8 Å². The number of rotatable bonds is 8. The Balaban J connectivity index is 2.31. The van der Waals surface area contributed by atoms with Gasteiger partial charge in [-0.25, -0.2) is 4.79 Å². The average molecular weight is 382 g/mol. The molecule has 28 heavy (non-hydrogen) atoms. The van der Waals surface area contributed by atoms with Gasteiger partial charge in [-0.15, -0.1) is 0 Å². The third-order valence-electron chi connectivity index (χ3n) is 4.48. The molecule has 0 aromatic heterocycles. The van der Waals surface area contributed by atoms with Crippen molar-refractivity contribution in [2.75, 3.05) is 14.2 Å². The minimum Gasteiger partial charge on any atom is -0.503 e. The van der Waals surface area contributed by atoms with Crippen LogP contribution >= 0.6 is 0 Å². The lowest BCUT2D eigenvalue weighted by atomic mass is 9.99. The first kappa shape index (κ1) is 21.2. The van der Waals surface area contributed by atoms with Gasteiger partial charge in [-0.05, 0) is 48.2 Å². The molecule has 0 saturated heterocycles. The highest BCUT2D eigenvalue weighted by molar-refractivity contribution is 6.16. The molecular formula is C23H26O5. The van der Waals surface area contributed by atoms with Gasteiger partial charge in [-0.2, -0.15) is 0 Å². The second-order valence-corrected chi connectivity index (χ2v) is 6.41. The van der Waals surface area contributed by atoms with E-state index in [1.165, 1.54) is 20.5 Å². The van der Waals surface area contributed by atoms with Gasteiger partial charge in [-0.3, -0.25) is 4.79 Å². The number of methoxy groups -OCH3 is 2. The van der Waals surface area contributed by atoms with Crippen LogP contribution in [0.5, 0.6) is 5.75 Å². The normalized spacial score (nSPS) is 11.1. The second kappa shape index (κ2) is 9.74. The molecule has 0 aliphatic carbocycles. The van der Waals surface area contributed by atoms with E-state index in [0.29, 0.717) is 23.3 Å². The van der Waals surface area contributed by atoms with Gasteiger partial charge in [0.1, 0.15) is 17.9 Å². The molecule has 2 rings (SSSR count). The van der Waals surface area contributed by atoms with Crippen LogP contribution in [-0.2, 0) is 20.9 Å². The Morgan fingerprint density at radius 1 is 1.00 bits per heavy atom. The number of esters is 1. The van der Waals surface area contributed by atoms with Crippen LogP contribution in [0.25, 0.3) is 5.57 Å². The van der Waals surface area contributed by atoms with E-state index in [9.17, 15) is 9.59 Å². The molecule has 0 N–H and O–H groups in total. The predicted molar refractivity (Wildman–Crippen MR) is 108 cm³/mol. The first-order valence-corrected chi connectivity index (χ1v) is 9.09. The molecule has 0 bridgehead atoms. The first-order chi connectivity index (χ1) is 13.4. The number of hydrogen-bond acceptors (Lipinski definition) is 5. The third-order valence-corrected chi connectivity index (χ3v) is 4.48. The van der Waals surface area contributed by atoms with Crippen LogP contribution in [0.15, 0.2) is 42.7 Å². The summed E-state index contributed by atoms with van der Waals surface area (Å²) >= 11 is 0. The van der Waals surface area contributed by atoms with Crippen molar-refractivity contribution in [3.05, 3.63) is 70.5 Å². The number of carbonyl (C=O) groups excluding carboxylic acids is 2. The van der Waals surface area contributed by atoms with Gasteiger partial charge in [0.05, 0.1) is 20.5 Å². The zero-order chi connectivity index (χ0) is 20.7. The summed E-state index contributed by atoms with van der Waals surface area (Å²) in [5.74, 6) is 0.337. The van der Waals surface area contributed by atoms with Crippen molar-refractivity contribution in [2.45, 2.75) is 33.8 Å². The van der Waals surface area contributed by atoms with Gasteiger partial charge >= 0.3 is 5.97 Å². The van der Waals surface area contributed by atoms with Gasteiger partial charge < -0.3 is 14.2 Å². The molecule has 0 radical (unpaired) electrons. The lowest BCUT2D eigenvalue weighted by molar-refractivity contribution is -0.133. The van der Waals surface area contributed by atoms with Crippen LogP contribution in [0.2, 0.25) is 0 Å². The Bertz CT molecular complexity index is 896. The number of ketones is 1. The topological polar surface area (TPSA) is 61.8 Å². The van der Waals surface area contributed by atoms with Crippen LogP contribution in [-0.4, -0.2) is 26.0 Å². The molecule has 0 atom stereocenters. The third kappa shape index (κ3) is 4.80. The number of hydrogen-bond donors (Lipinski definition) is 0. The van der Waals surface area contributed by atoms with Crippen molar-refractivity contribution in [1.82, 2.24) is 0 Å². The molecule has 0 amide bonds. The van der Waals surface area contributed by atoms with Gasteiger partial charge in [-0.1, -0.05) is 31.2 Å². The second-order valence-electron chi connectivity index (χ2n) is 6.41. The fraction of sp³-hybridized carbons (Fsp3) is 0.304. The number of Topliss-reactive ketones (excluding diaryl/α,β-unsaturated/α-hetero) is 1. The molecule has 0 saturated carbocycles. The average Bonchev–Trinajstić information content (AvgIpc) is 2.71. The monoisotopic (exact) mass is 382 g/mol. The van der Waals surface area contributed by atoms with Crippen molar-refractivity contribution in [3.8, 4) is 5.75 Å². The van der Waals surface area contributed by atoms with E-state index < -0.39 is 5.97 Å². The van der Waals surface area contributed by atoms with E-state index in [0.717, 1.165) is 22.3 Å². The summed E-state index contributed by atoms with van der Waals surface area (Å²) in [7, 11) is 2.81. The summed E-state index contributed by atoms with van der Waals surface area (Å²) < 4.78 is 15.9. The SMILES string of the molecule is CCC(=O)c1cc(C)c(OCc2ccccc2C(=COC)C(=O)OC)cc1C. The van der Waals surface area contributed by atoms with Crippen molar-refractivity contribution >= 4 is 17.3 Å².